The molecule has 2 fully saturated rings. The van der Waals surface area contributed by atoms with Gasteiger partial charge < -0.3 is 15.1 Å². The summed E-state index contributed by atoms with van der Waals surface area (Å²) >= 11 is 0. The van der Waals surface area contributed by atoms with Crippen LogP contribution >= 0.6 is 0 Å². The lowest BCUT2D eigenvalue weighted by Crippen LogP contribution is -2.59. The van der Waals surface area contributed by atoms with Crippen molar-refractivity contribution >= 4 is 27.3 Å². The number of pyridine rings is 1. The number of nitrogens with zero attached hydrogens (tertiary/aromatic N) is 2. The lowest BCUT2D eigenvalue weighted by Gasteiger charge is -2.39. The Morgan fingerprint density at radius 1 is 1.38 bits per heavy atom. The highest BCUT2D eigenvalue weighted by molar-refractivity contribution is 7.94. The minimum Gasteiger partial charge on any atom is -0.480 e. The molecule has 1 aromatic rings. The summed E-state index contributed by atoms with van der Waals surface area (Å²) in [7, 11) is -3.98. The fourth-order valence-electron chi connectivity index (χ4n) is 3.30. The van der Waals surface area contributed by atoms with Gasteiger partial charge in [-0.15, -0.1) is 0 Å². The van der Waals surface area contributed by atoms with Crippen LogP contribution in [0, 0.1) is 0 Å². The van der Waals surface area contributed by atoms with E-state index in [0.29, 0.717) is 0 Å². The molecular weight excluding hydrogens is 336 g/mol. The second kappa shape index (κ2) is 5.12. The van der Waals surface area contributed by atoms with Gasteiger partial charge in [-0.2, -0.15) is 0 Å². The summed E-state index contributed by atoms with van der Waals surface area (Å²) in [5, 5.41) is 17.7. The molecular formula is C15H16N2O6S. The number of sulfone groups is 1. The molecule has 2 aliphatic heterocycles. The Hall–Kier alpha value is -2.26. The van der Waals surface area contributed by atoms with Crippen molar-refractivity contribution in [2.75, 3.05) is 6.61 Å². The number of carbonyl (C=O) groups is 2. The number of amides is 1. The Morgan fingerprint density at radius 3 is 2.54 bits per heavy atom. The van der Waals surface area contributed by atoms with Crippen LogP contribution in [0.4, 0.5) is 0 Å². The topological polar surface area (TPSA) is 125 Å². The van der Waals surface area contributed by atoms with Gasteiger partial charge in [0.25, 0.3) is 5.91 Å². The Morgan fingerprint density at radius 2 is 2.04 bits per heavy atom. The molecule has 1 aromatic heterocycles. The quantitative estimate of drug-likeness (QED) is 0.563. The van der Waals surface area contributed by atoms with Gasteiger partial charge in [0, 0.05) is 11.8 Å². The van der Waals surface area contributed by atoms with E-state index >= 15 is 0 Å². The zero-order valence-electron chi connectivity index (χ0n) is 13.0. The van der Waals surface area contributed by atoms with Gasteiger partial charge in [-0.25, -0.2) is 13.2 Å². The number of carboxylic acid groups (broad SMARTS) is 1. The van der Waals surface area contributed by atoms with E-state index < -0.39 is 44.5 Å². The van der Waals surface area contributed by atoms with Crippen molar-refractivity contribution in [3.05, 3.63) is 35.7 Å². The van der Waals surface area contributed by atoms with Crippen molar-refractivity contribution in [3.8, 4) is 0 Å². The normalized spacial score (nSPS) is 29.0. The summed E-state index contributed by atoms with van der Waals surface area (Å²) in [6, 6.07) is 3.38. The van der Waals surface area contributed by atoms with Crippen LogP contribution in [0.3, 0.4) is 0 Å². The number of aliphatic carboxylic acids is 1. The first kappa shape index (κ1) is 16.6. The van der Waals surface area contributed by atoms with Gasteiger partial charge in [-0.05, 0) is 26.0 Å². The molecule has 0 unspecified atom stereocenters. The summed E-state index contributed by atoms with van der Waals surface area (Å²) in [5.74, 6) is -2.07. The highest BCUT2D eigenvalue weighted by atomic mass is 32.2. The van der Waals surface area contributed by atoms with E-state index in [1.165, 1.54) is 20.0 Å². The molecule has 0 bridgehead atoms. The van der Waals surface area contributed by atoms with E-state index in [4.69, 9.17) is 0 Å². The third-order valence-electron chi connectivity index (χ3n) is 4.62. The average molecular weight is 352 g/mol. The fourth-order valence-corrected chi connectivity index (χ4v) is 5.47. The molecule has 2 saturated heterocycles. The van der Waals surface area contributed by atoms with Gasteiger partial charge in [-0.3, -0.25) is 9.78 Å². The molecule has 9 heteroatoms. The predicted octanol–water partition coefficient (Wildman–Crippen LogP) is -0.344. The number of hydrogen-bond acceptors (Lipinski definition) is 6. The summed E-state index contributed by atoms with van der Waals surface area (Å²) in [6.45, 7) is 2.02. The van der Waals surface area contributed by atoms with Crippen LogP contribution in [-0.4, -0.2) is 63.2 Å². The van der Waals surface area contributed by atoms with Crippen molar-refractivity contribution in [2.24, 2.45) is 0 Å². The van der Waals surface area contributed by atoms with E-state index in [-0.39, 0.29) is 16.8 Å². The van der Waals surface area contributed by atoms with E-state index in [9.17, 15) is 28.2 Å². The minimum absolute atomic E-state index is 0.104. The maximum absolute atomic E-state index is 12.8. The molecule has 8 nitrogen and oxygen atoms in total. The van der Waals surface area contributed by atoms with Crippen LogP contribution in [-0.2, 0) is 19.4 Å². The summed E-state index contributed by atoms with van der Waals surface area (Å²) in [4.78, 5) is 28.9. The number of rotatable bonds is 3. The molecule has 0 aliphatic carbocycles. The third kappa shape index (κ3) is 1.88. The van der Waals surface area contributed by atoms with Crippen LogP contribution < -0.4 is 0 Å². The number of aromatic nitrogens is 1. The maximum Gasteiger partial charge on any atom is 0.328 e. The average Bonchev–Trinajstić information content (AvgIpc) is 2.67. The first-order valence-corrected chi connectivity index (χ1v) is 8.75. The number of hydrogen-bond donors (Lipinski definition) is 2. The number of β-lactam (4-membered cyclic amide) rings is 1. The second-order valence-electron chi connectivity index (χ2n) is 6.22. The molecule has 2 aliphatic rings. The van der Waals surface area contributed by atoms with Crippen LogP contribution in [0.5, 0.6) is 0 Å². The highest BCUT2D eigenvalue weighted by Gasteiger charge is 2.70. The molecule has 3 rings (SSSR count). The lowest BCUT2D eigenvalue weighted by atomic mass is 9.92. The van der Waals surface area contributed by atoms with Gasteiger partial charge in [0.15, 0.2) is 21.3 Å². The van der Waals surface area contributed by atoms with Gasteiger partial charge in [-0.1, -0.05) is 6.07 Å². The predicted molar refractivity (Wildman–Crippen MR) is 83.3 cm³/mol. The number of aliphatic hydroxyl groups is 1. The summed E-state index contributed by atoms with van der Waals surface area (Å²) < 4.78 is 24.0. The lowest BCUT2D eigenvalue weighted by molar-refractivity contribution is -0.152. The highest BCUT2D eigenvalue weighted by Crippen LogP contribution is 2.50. The van der Waals surface area contributed by atoms with Crippen molar-refractivity contribution in [2.45, 2.75) is 30.0 Å². The van der Waals surface area contributed by atoms with Crippen molar-refractivity contribution < 1.29 is 28.2 Å². The van der Waals surface area contributed by atoms with Crippen LogP contribution in [0.1, 0.15) is 19.5 Å². The molecule has 1 amide bonds. The van der Waals surface area contributed by atoms with Crippen LogP contribution in [0.15, 0.2) is 30.0 Å². The molecule has 2 N–H and O–H groups in total. The minimum atomic E-state index is -3.98. The molecule has 0 aromatic carbocycles. The van der Waals surface area contributed by atoms with Crippen LogP contribution in [0.25, 0.3) is 5.57 Å². The zero-order valence-corrected chi connectivity index (χ0v) is 13.8. The number of carboxylic acids is 1. The maximum atomic E-state index is 12.8. The Balaban J connectivity index is 2.21. The molecule has 0 radical (unpaired) electrons. The smallest absolute Gasteiger partial charge is 0.328 e. The first-order chi connectivity index (χ1) is 11.2. The molecule has 2 atom stereocenters. The standard InChI is InChI=1S/C15H16N2O6S/c1-15(2)11(14(20)21)17-12(19)10(13(17)24(15,22)23)8(7-18)9-5-3-4-6-16-9/h3-6,11,13,18H,7H2,1-2H3,(H,20,21)/t11-,13+/m0/s1. The Labute approximate surface area is 138 Å². The first-order valence-electron chi connectivity index (χ1n) is 7.20. The van der Waals surface area contributed by atoms with Gasteiger partial charge in [0.1, 0.15) is 4.75 Å². The molecule has 0 spiro atoms. The van der Waals surface area contributed by atoms with Crippen molar-refractivity contribution in [1.29, 1.82) is 0 Å². The van der Waals surface area contributed by atoms with E-state index in [1.54, 1.807) is 18.2 Å². The zero-order chi connectivity index (χ0) is 17.9. The molecule has 128 valence electrons. The molecule has 3 heterocycles. The largest absolute Gasteiger partial charge is 0.480 e. The number of fused-ring (bicyclic) bond motifs is 1. The molecule has 24 heavy (non-hydrogen) atoms. The fraction of sp³-hybridized carbons (Fsp3) is 0.400. The third-order valence-corrected chi connectivity index (χ3v) is 7.36. The van der Waals surface area contributed by atoms with E-state index in [2.05, 4.69) is 4.98 Å². The summed E-state index contributed by atoms with van der Waals surface area (Å²) in [6.07, 6.45) is 1.46. The Bertz CT molecular complexity index is 859. The Kier molecular flexibility index (Phi) is 3.54. The van der Waals surface area contributed by atoms with Gasteiger partial charge in [0.05, 0.1) is 17.9 Å². The summed E-state index contributed by atoms with van der Waals surface area (Å²) in [5.41, 5.74) is 0.287. The van der Waals surface area contributed by atoms with Gasteiger partial charge >= 0.3 is 5.97 Å². The monoisotopic (exact) mass is 352 g/mol. The van der Waals surface area contributed by atoms with Crippen molar-refractivity contribution in [3.63, 3.8) is 0 Å². The number of carbonyl (C=O) groups excluding carboxylic acids is 1. The molecule has 0 saturated carbocycles. The van der Waals surface area contributed by atoms with E-state index in [1.807, 2.05) is 0 Å². The SMILES string of the molecule is CC1(C)[C@H](C(=O)O)N2C(=O)C(=C(CO)c3ccccn3)[C@H]2S1(=O)=O. The van der Waals surface area contributed by atoms with Crippen LogP contribution in [0.2, 0.25) is 0 Å². The van der Waals surface area contributed by atoms with Gasteiger partial charge in [0.2, 0.25) is 0 Å². The van der Waals surface area contributed by atoms with E-state index in [0.717, 1.165) is 4.90 Å². The number of aliphatic hydroxyl groups excluding tert-OH is 1. The second-order valence-corrected chi connectivity index (χ2v) is 8.81. The van der Waals surface area contributed by atoms with Crippen molar-refractivity contribution in [1.82, 2.24) is 9.88 Å².